The Morgan fingerprint density at radius 3 is 2.50 bits per heavy atom. The van der Waals surface area contributed by atoms with E-state index < -0.39 is 5.91 Å². The van der Waals surface area contributed by atoms with Gasteiger partial charge < -0.3 is 14.6 Å². The Labute approximate surface area is 190 Å². The summed E-state index contributed by atoms with van der Waals surface area (Å²) in [4.78, 5) is 12.8. The van der Waals surface area contributed by atoms with Gasteiger partial charge in [-0.05, 0) is 81.7 Å². The van der Waals surface area contributed by atoms with Crippen LogP contribution in [0.1, 0.15) is 43.3 Å². The van der Waals surface area contributed by atoms with Crippen molar-refractivity contribution < 1.29 is 9.53 Å². The van der Waals surface area contributed by atoms with Crippen LogP contribution in [0.5, 0.6) is 5.75 Å². The van der Waals surface area contributed by atoms with Crippen molar-refractivity contribution in [3.63, 3.8) is 0 Å². The molecule has 1 heterocycles. The molecule has 0 bridgehead atoms. The highest BCUT2D eigenvalue weighted by atomic mass is 16.5. The van der Waals surface area contributed by atoms with Crippen LogP contribution in [0.2, 0.25) is 0 Å². The van der Waals surface area contributed by atoms with E-state index in [0.29, 0.717) is 11.4 Å². The van der Waals surface area contributed by atoms with E-state index in [-0.39, 0.29) is 11.7 Å². The third-order valence-corrected chi connectivity index (χ3v) is 5.20. The molecule has 0 unspecified atom stereocenters. The zero-order chi connectivity index (χ0) is 23.3. The van der Waals surface area contributed by atoms with E-state index in [1.54, 1.807) is 24.3 Å². The van der Waals surface area contributed by atoms with Gasteiger partial charge in [-0.25, -0.2) is 0 Å². The Morgan fingerprint density at radius 1 is 1.16 bits per heavy atom. The smallest absolute Gasteiger partial charge is 0.266 e. The molecule has 5 heteroatoms. The summed E-state index contributed by atoms with van der Waals surface area (Å²) >= 11 is 0. The Balaban J connectivity index is 1.86. The van der Waals surface area contributed by atoms with E-state index >= 15 is 0 Å². The van der Waals surface area contributed by atoms with Crippen molar-refractivity contribution in [2.75, 3.05) is 5.32 Å². The zero-order valence-corrected chi connectivity index (χ0v) is 19.3. The summed E-state index contributed by atoms with van der Waals surface area (Å²) in [5.41, 5.74) is 5.81. The summed E-state index contributed by atoms with van der Waals surface area (Å²) in [6, 6.07) is 19.6. The van der Waals surface area contributed by atoms with E-state index in [0.717, 1.165) is 29.1 Å². The van der Waals surface area contributed by atoms with Gasteiger partial charge in [0.1, 0.15) is 17.4 Å². The number of nitriles is 1. The average molecular weight is 428 g/mol. The van der Waals surface area contributed by atoms with Crippen molar-refractivity contribution in [1.82, 2.24) is 4.57 Å². The Hall–Kier alpha value is -3.78. The molecule has 0 aliphatic heterocycles. The number of aromatic nitrogens is 1. The Morgan fingerprint density at radius 2 is 1.88 bits per heavy atom. The highest BCUT2D eigenvalue weighted by molar-refractivity contribution is 6.09. The van der Waals surface area contributed by atoms with Gasteiger partial charge in [0.15, 0.2) is 0 Å². The van der Waals surface area contributed by atoms with Crippen LogP contribution in [0.15, 0.2) is 60.2 Å². The first-order chi connectivity index (χ1) is 15.3. The largest absolute Gasteiger partial charge is 0.491 e. The third kappa shape index (κ3) is 5.28. The Bertz CT molecular complexity index is 1180. The fourth-order valence-electron chi connectivity index (χ4n) is 3.63. The molecular formula is C27H29N3O2. The maximum atomic E-state index is 12.8. The topological polar surface area (TPSA) is 67.0 Å². The van der Waals surface area contributed by atoms with Crippen molar-refractivity contribution in [2.24, 2.45) is 0 Å². The van der Waals surface area contributed by atoms with Gasteiger partial charge in [-0.3, -0.25) is 4.79 Å². The van der Waals surface area contributed by atoms with Crippen LogP contribution in [0.3, 0.4) is 0 Å². The van der Waals surface area contributed by atoms with Gasteiger partial charge in [-0.15, -0.1) is 0 Å². The van der Waals surface area contributed by atoms with Crippen molar-refractivity contribution >= 4 is 17.7 Å². The van der Waals surface area contributed by atoms with Crippen LogP contribution in [-0.2, 0) is 11.2 Å². The predicted molar refractivity (Wildman–Crippen MR) is 129 cm³/mol. The number of amides is 1. The fraction of sp³-hybridized carbons (Fsp3) is 0.259. The van der Waals surface area contributed by atoms with Crippen molar-refractivity contribution in [1.29, 1.82) is 5.26 Å². The second-order valence-corrected chi connectivity index (χ2v) is 8.00. The van der Waals surface area contributed by atoms with Gasteiger partial charge >= 0.3 is 0 Å². The second kappa shape index (κ2) is 10.0. The van der Waals surface area contributed by atoms with Gasteiger partial charge in [-0.1, -0.05) is 25.1 Å². The average Bonchev–Trinajstić information content (AvgIpc) is 3.04. The van der Waals surface area contributed by atoms with Crippen LogP contribution < -0.4 is 10.1 Å². The molecule has 1 N–H and O–H groups in total. The molecule has 0 saturated heterocycles. The molecule has 32 heavy (non-hydrogen) atoms. The van der Waals surface area contributed by atoms with Gasteiger partial charge in [-0.2, -0.15) is 5.26 Å². The lowest BCUT2D eigenvalue weighted by Crippen LogP contribution is -2.14. The normalized spacial score (nSPS) is 11.3. The summed E-state index contributed by atoms with van der Waals surface area (Å²) in [6.45, 7) is 10.0. The highest BCUT2D eigenvalue weighted by Gasteiger charge is 2.14. The quantitative estimate of drug-likeness (QED) is 0.372. The van der Waals surface area contributed by atoms with Crippen LogP contribution in [0.4, 0.5) is 5.69 Å². The second-order valence-electron chi connectivity index (χ2n) is 8.00. The first kappa shape index (κ1) is 22.9. The number of carbonyl (C=O) groups is 1. The van der Waals surface area contributed by atoms with Crippen LogP contribution in [0.25, 0.3) is 11.8 Å². The number of carbonyl (C=O) groups excluding carboxylic acids is 1. The van der Waals surface area contributed by atoms with Gasteiger partial charge in [0, 0.05) is 28.8 Å². The molecule has 0 fully saturated rings. The van der Waals surface area contributed by atoms with E-state index in [2.05, 4.69) is 41.1 Å². The SMILES string of the molecule is CCc1ccc(-n2c(C)cc(/C=C(/C#N)C(=O)Nc3cccc(OC(C)C)c3)c2C)cc1. The molecule has 0 atom stereocenters. The number of rotatable bonds is 7. The van der Waals surface area contributed by atoms with E-state index in [9.17, 15) is 10.1 Å². The van der Waals surface area contributed by atoms with E-state index in [1.807, 2.05) is 45.9 Å². The van der Waals surface area contributed by atoms with Crippen LogP contribution in [-0.4, -0.2) is 16.6 Å². The summed E-state index contributed by atoms with van der Waals surface area (Å²) < 4.78 is 7.80. The minimum Gasteiger partial charge on any atom is -0.491 e. The lowest BCUT2D eigenvalue weighted by Gasteiger charge is -2.11. The molecule has 1 aromatic heterocycles. The molecule has 0 saturated carbocycles. The Kier molecular flexibility index (Phi) is 7.17. The molecule has 0 spiro atoms. The van der Waals surface area contributed by atoms with Crippen molar-refractivity contribution in [3.8, 4) is 17.5 Å². The summed E-state index contributed by atoms with van der Waals surface area (Å²) in [6.07, 6.45) is 2.66. The molecule has 3 aromatic rings. The number of benzene rings is 2. The third-order valence-electron chi connectivity index (χ3n) is 5.20. The van der Waals surface area contributed by atoms with Gasteiger partial charge in [0.05, 0.1) is 6.10 Å². The number of hydrogen-bond acceptors (Lipinski definition) is 3. The van der Waals surface area contributed by atoms with Crippen LogP contribution >= 0.6 is 0 Å². The number of anilines is 1. The van der Waals surface area contributed by atoms with E-state index in [4.69, 9.17) is 4.74 Å². The predicted octanol–water partition coefficient (Wildman–Crippen LogP) is 5.99. The molecule has 5 nitrogen and oxygen atoms in total. The summed E-state index contributed by atoms with van der Waals surface area (Å²) in [7, 11) is 0. The lowest BCUT2D eigenvalue weighted by atomic mass is 10.1. The zero-order valence-electron chi connectivity index (χ0n) is 19.3. The minimum atomic E-state index is -0.453. The molecule has 0 aliphatic rings. The summed E-state index contributed by atoms with van der Waals surface area (Å²) in [5.74, 6) is 0.212. The van der Waals surface area contributed by atoms with Crippen LogP contribution in [0, 0.1) is 25.2 Å². The minimum absolute atomic E-state index is 0.0314. The number of nitrogens with zero attached hydrogens (tertiary/aromatic N) is 2. The first-order valence-corrected chi connectivity index (χ1v) is 10.8. The van der Waals surface area contributed by atoms with E-state index in [1.165, 1.54) is 5.56 Å². The lowest BCUT2D eigenvalue weighted by molar-refractivity contribution is -0.112. The molecule has 0 aliphatic carbocycles. The fourth-order valence-corrected chi connectivity index (χ4v) is 3.63. The first-order valence-electron chi connectivity index (χ1n) is 10.8. The number of aryl methyl sites for hydroxylation is 2. The number of ether oxygens (including phenoxy) is 1. The molecule has 3 rings (SSSR count). The molecule has 2 aromatic carbocycles. The van der Waals surface area contributed by atoms with Crippen molar-refractivity contribution in [3.05, 3.63) is 82.7 Å². The van der Waals surface area contributed by atoms with Gasteiger partial charge in [0.2, 0.25) is 0 Å². The molecule has 0 radical (unpaired) electrons. The van der Waals surface area contributed by atoms with Crippen molar-refractivity contribution in [2.45, 2.75) is 47.1 Å². The maximum absolute atomic E-state index is 12.8. The molecule has 1 amide bonds. The maximum Gasteiger partial charge on any atom is 0.266 e. The number of nitrogens with one attached hydrogen (secondary N) is 1. The number of hydrogen-bond donors (Lipinski definition) is 1. The standard InChI is InChI=1S/C27H29N3O2/c1-6-21-10-12-25(13-11-21)30-19(4)14-22(20(30)5)15-23(17-28)27(31)29-24-8-7-9-26(16-24)32-18(2)3/h7-16,18H,6H2,1-5H3,(H,29,31)/b23-15-. The summed E-state index contributed by atoms with van der Waals surface area (Å²) in [5, 5.41) is 12.4. The molecular weight excluding hydrogens is 398 g/mol. The van der Waals surface area contributed by atoms with Gasteiger partial charge in [0.25, 0.3) is 5.91 Å². The monoisotopic (exact) mass is 427 g/mol. The molecule has 164 valence electrons. The highest BCUT2D eigenvalue weighted by Crippen LogP contribution is 2.24.